The molecule has 2 aromatic carbocycles. The Labute approximate surface area is 122 Å². The molecule has 2 N–H and O–H groups in total. The van der Waals surface area contributed by atoms with Crippen molar-refractivity contribution >= 4 is 5.69 Å². The Morgan fingerprint density at radius 1 is 1.14 bits per heavy atom. The lowest BCUT2D eigenvalue weighted by Crippen LogP contribution is -2.03. The highest BCUT2D eigenvalue weighted by Crippen LogP contribution is 2.24. The number of rotatable bonds is 5. The van der Waals surface area contributed by atoms with Crippen molar-refractivity contribution in [3.63, 3.8) is 0 Å². The molecule has 0 bridgehead atoms. The summed E-state index contributed by atoms with van der Waals surface area (Å²) in [5.74, 6) is 0.416. The number of hydrogen-bond acceptors (Lipinski definition) is 3. The third-order valence-electron chi connectivity index (χ3n) is 3.11. The Kier molecular flexibility index (Phi) is 4.62. The Bertz CT molecular complexity index is 606. The van der Waals surface area contributed by atoms with Gasteiger partial charge in [0.1, 0.15) is 11.5 Å². The molecule has 2 aromatic rings. The van der Waals surface area contributed by atoms with Gasteiger partial charge in [-0.3, -0.25) is 0 Å². The van der Waals surface area contributed by atoms with E-state index < -0.39 is 6.61 Å². The number of phenolic OH excluding ortho intramolecular Hbond substituents is 1. The zero-order valence-electron chi connectivity index (χ0n) is 11.9. The summed E-state index contributed by atoms with van der Waals surface area (Å²) >= 11 is 0. The molecule has 0 spiro atoms. The molecule has 0 atom stereocenters. The number of phenols is 1. The van der Waals surface area contributed by atoms with Gasteiger partial charge in [-0.25, -0.2) is 0 Å². The maximum absolute atomic E-state index is 12.2. The maximum atomic E-state index is 12.2. The number of halogens is 2. The van der Waals surface area contributed by atoms with Crippen LogP contribution in [0.4, 0.5) is 14.5 Å². The number of anilines is 1. The zero-order chi connectivity index (χ0) is 15.4. The molecule has 0 saturated heterocycles. The molecule has 0 amide bonds. The summed E-state index contributed by atoms with van der Waals surface area (Å²) in [6.45, 7) is 1.37. The number of alkyl halides is 2. The van der Waals surface area contributed by atoms with Crippen LogP contribution in [0.2, 0.25) is 0 Å². The first kappa shape index (κ1) is 15.1. The van der Waals surface area contributed by atoms with E-state index in [2.05, 4.69) is 10.1 Å². The molecule has 0 aliphatic carbocycles. The molecule has 0 heterocycles. The van der Waals surface area contributed by atoms with Crippen LogP contribution in [0, 0.1) is 13.8 Å². The van der Waals surface area contributed by atoms with Gasteiger partial charge < -0.3 is 15.2 Å². The smallest absolute Gasteiger partial charge is 0.387 e. The fourth-order valence-corrected chi connectivity index (χ4v) is 2.13. The van der Waals surface area contributed by atoms with Crippen LogP contribution < -0.4 is 10.1 Å². The van der Waals surface area contributed by atoms with Gasteiger partial charge >= 0.3 is 6.61 Å². The summed E-state index contributed by atoms with van der Waals surface area (Å²) in [4.78, 5) is 0. The van der Waals surface area contributed by atoms with Gasteiger partial charge in [-0.05, 0) is 42.7 Å². The molecule has 0 radical (unpaired) electrons. The molecule has 0 aromatic heterocycles. The van der Waals surface area contributed by atoms with Crippen molar-refractivity contribution in [1.82, 2.24) is 0 Å². The van der Waals surface area contributed by atoms with Crippen molar-refractivity contribution in [3.8, 4) is 11.5 Å². The minimum atomic E-state index is -2.83. The summed E-state index contributed by atoms with van der Waals surface area (Å²) in [5.41, 5.74) is 3.31. The van der Waals surface area contributed by atoms with Crippen LogP contribution in [0.3, 0.4) is 0 Å². The number of nitrogens with one attached hydrogen (secondary N) is 1. The lowest BCUT2D eigenvalue weighted by molar-refractivity contribution is -0.0498. The second-order valence-corrected chi connectivity index (χ2v) is 4.84. The summed E-state index contributed by atoms with van der Waals surface area (Å²) in [6, 6.07) is 10.2. The minimum absolute atomic E-state index is 0.119. The van der Waals surface area contributed by atoms with Gasteiger partial charge in [0.25, 0.3) is 0 Å². The average molecular weight is 293 g/mol. The van der Waals surface area contributed by atoms with Crippen LogP contribution in [-0.2, 0) is 6.54 Å². The largest absolute Gasteiger partial charge is 0.507 e. The van der Waals surface area contributed by atoms with E-state index >= 15 is 0 Å². The number of ether oxygens (including phenoxy) is 1. The predicted molar refractivity (Wildman–Crippen MR) is 78.0 cm³/mol. The van der Waals surface area contributed by atoms with Gasteiger partial charge in [-0.1, -0.05) is 18.2 Å². The molecule has 3 nitrogen and oxygen atoms in total. The van der Waals surface area contributed by atoms with Crippen LogP contribution in [0.1, 0.15) is 16.7 Å². The second kappa shape index (κ2) is 6.43. The van der Waals surface area contributed by atoms with Crippen LogP contribution in [0.5, 0.6) is 11.5 Å². The number of aryl methyl sites for hydroxylation is 2. The molecular weight excluding hydrogens is 276 g/mol. The van der Waals surface area contributed by atoms with E-state index in [-0.39, 0.29) is 5.75 Å². The van der Waals surface area contributed by atoms with E-state index in [1.54, 1.807) is 12.1 Å². The van der Waals surface area contributed by atoms with Gasteiger partial charge in [0.2, 0.25) is 0 Å². The van der Waals surface area contributed by atoms with Crippen LogP contribution >= 0.6 is 0 Å². The number of hydrogen-bond donors (Lipinski definition) is 2. The highest BCUT2D eigenvalue weighted by atomic mass is 19.3. The Hall–Kier alpha value is -2.30. The van der Waals surface area contributed by atoms with E-state index in [1.165, 1.54) is 12.1 Å². The summed E-state index contributed by atoms with van der Waals surface area (Å²) in [5, 5.41) is 12.9. The molecule has 0 aliphatic heterocycles. The van der Waals surface area contributed by atoms with Crippen molar-refractivity contribution < 1.29 is 18.6 Å². The summed E-state index contributed by atoms with van der Waals surface area (Å²) in [7, 11) is 0. The lowest BCUT2D eigenvalue weighted by Gasteiger charge is -2.11. The van der Waals surface area contributed by atoms with Crippen molar-refractivity contribution in [1.29, 1.82) is 0 Å². The first-order valence-electron chi connectivity index (χ1n) is 6.53. The number of benzene rings is 2. The molecule has 2 rings (SSSR count). The van der Waals surface area contributed by atoms with Crippen molar-refractivity contribution in [3.05, 3.63) is 53.1 Å². The molecule has 0 fully saturated rings. The molecule has 112 valence electrons. The molecule has 0 aliphatic rings. The van der Waals surface area contributed by atoms with E-state index in [1.807, 2.05) is 26.0 Å². The van der Waals surface area contributed by atoms with E-state index in [4.69, 9.17) is 0 Å². The fourth-order valence-electron chi connectivity index (χ4n) is 2.13. The third kappa shape index (κ3) is 4.08. The van der Waals surface area contributed by atoms with Gasteiger partial charge in [0, 0.05) is 18.3 Å². The SMILES string of the molecule is Cc1cc(CNc2cccc(OC(F)F)c2)cc(C)c1O. The average Bonchev–Trinajstić information content (AvgIpc) is 2.42. The first-order chi connectivity index (χ1) is 9.95. The topological polar surface area (TPSA) is 41.5 Å². The van der Waals surface area contributed by atoms with Crippen molar-refractivity contribution in [2.45, 2.75) is 27.0 Å². The summed E-state index contributed by atoms with van der Waals surface area (Å²) in [6.07, 6.45) is 0. The van der Waals surface area contributed by atoms with Gasteiger partial charge in [0.15, 0.2) is 0 Å². The lowest BCUT2D eigenvalue weighted by atomic mass is 10.1. The predicted octanol–water partition coefficient (Wildman–Crippen LogP) is 4.22. The monoisotopic (exact) mass is 293 g/mol. The fraction of sp³-hybridized carbons (Fsp3) is 0.250. The van der Waals surface area contributed by atoms with E-state index in [0.717, 1.165) is 16.7 Å². The van der Waals surface area contributed by atoms with Crippen molar-refractivity contribution in [2.24, 2.45) is 0 Å². The molecule has 0 unspecified atom stereocenters. The Balaban J connectivity index is 2.06. The van der Waals surface area contributed by atoms with Gasteiger partial charge in [0.05, 0.1) is 0 Å². The second-order valence-electron chi connectivity index (χ2n) is 4.84. The quantitative estimate of drug-likeness (QED) is 0.867. The van der Waals surface area contributed by atoms with E-state index in [9.17, 15) is 13.9 Å². The summed E-state index contributed by atoms with van der Waals surface area (Å²) < 4.78 is 28.7. The van der Waals surface area contributed by atoms with Crippen LogP contribution in [-0.4, -0.2) is 11.7 Å². The maximum Gasteiger partial charge on any atom is 0.387 e. The normalized spacial score (nSPS) is 10.7. The third-order valence-corrected chi connectivity index (χ3v) is 3.11. The molecular formula is C16H17F2NO2. The Morgan fingerprint density at radius 2 is 1.81 bits per heavy atom. The first-order valence-corrected chi connectivity index (χ1v) is 6.53. The van der Waals surface area contributed by atoms with Gasteiger partial charge in [-0.15, -0.1) is 0 Å². The molecule has 5 heteroatoms. The van der Waals surface area contributed by atoms with E-state index in [0.29, 0.717) is 18.0 Å². The highest BCUT2D eigenvalue weighted by molar-refractivity contribution is 5.49. The minimum Gasteiger partial charge on any atom is -0.507 e. The van der Waals surface area contributed by atoms with Crippen LogP contribution in [0.15, 0.2) is 36.4 Å². The van der Waals surface area contributed by atoms with Gasteiger partial charge in [-0.2, -0.15) is 8.78 Å². The standard InChI is InChI=1S/C16H17F2NO2/c1-10-6-12(7-11(2)15(10)20)9-19-13-4-3-5-14(8-13)21-16(17)18/h3-8,16,19-20H,9H2,1-2H3. The molecule has 0 saturated carbocycles. The zero-order valence-corrected chi connectivity index (χ0v) is 11.9. The van der Waals surface area contributed by atoms with Crippen LogP contribution in [0.25, 0.3) is 0 Å². The highest BCUT2D eigenvalue weighted by Gasteiger charge is 2.06. The molecule has 21 heavy (non-hydrogen) atoms. The Morgan fingerprint density at radius 3 is 2.43 bits per heavy atom. The number of aromatic hydroxyl groups is 1. The van der Waals surface area contributed by atoms with Crippen molar-refractivity contribution in [2.75, 3.05) is 5.32 Å².